The van der Waals surface area contributed by atoms with Crippen LogP contribution in [0.1, 0.15) is 11.6 Å². The lowest BCUT2D eigenvalue weighted by atomic mass is 10.1. The minimum Gasteiger partial charge on any atom is -0.505 e. The summed E-state index contributed by atoms with van der Waals surface area (Å²) in [7, 11) is 0. The van der Waals surface area contributed by atoms with E-state index in [0.717, 1.165) is 6.07 Å². The zero-order chi connectivity index (χ0) is 10.9. The van der Waals surface area contributed by atoms with Crippen LogP contribution in [0.15, 0.2) is 10.5 Å². The van der Waals surface area contributed by atoms with E-state index in [1.54, 1.807) is 0 Å². The lowest BCUT2D eigenvalue weighted by molar-refractivity contribution is 0.380. The smallest absolute Gasteiger partial charge is 0.201 e. The van der Waals surface area contributed by atoms with E-state index in [2.05, 4.69) is 15.9 Å². The van der Waals surface area contributed by atoms with Crippen LogP contribution < -0.4 is 5.73 Å². The average Bonchev–Trinajstić information content (AvgIpc) is 2.19. The van der Waals surface area contributed by atoms with Crippen LogP contribution in [-0.2, 0) is 0 Å². The Morgan fingerprint density at radius 1 is 1.40 bits per heavy atom. The fraction of sp³-hybridized carbons (Fsp3) is 0.250. The fourth-order valence-corrected chi connectivity index (χ4v) is 1.39. The van der Waals surface area contributed by atoms with Crippen molar-refractivity contribution in [2.24, 2.45) is 5.73 Å². The zero-order valence-corrected chi connectivity index (χ0v) is 9.71. The minimum absolute atomic E-state index is 0. The number of halogens is 5. The van der Waals surface area contributed by atoms with Gasteiger partial charge in [0.2, 0.25) is 5.82 Å². The largest absolute Gasteiger partial charge is 0.505 e. The van der Waals surface area contributed by atoms with Crippen LogP contribution in [-0.4, -0.2) is 11.8 Å². The van der Waals surface area contributed by atoms with E-state index >= 15 is 0 Å². The van der Waals surface area contributed by atoms with Crippen molar-refractivity contribution in [3.8, 4) is 5.75 Å². The van der Waals surface area contributed by atoms with E-state index in [-0.39, 0.29) is 22.4 Å². The van der Waals surface area contributed by atoms with Crippen molar-refractivity contribution in [1.82, 2.24) is 0 Å². The molecule has 0 unspecified atom stereocenters. The molecule has 0 saturated heterocycles. The Labute approximate surface area is 98.8 Å². The van der Waals surface area contributed by atoms with Gasteiger partial charge in [0.15, 0.2) is 11.6 Å². The molecule has 1 rings (SSSR count). The van der Waals surface area contributed by atoms with Gasteiger partial charge in [-0.1, -0.05) is 0 Å². The third kappa shape index (κ3) is 2.76. The monoisotopic (exact) mass is 305 g/mol. The quantitative estimate of drug-likeness (QED) is 0.825. The second-order valence-electron chi connectivity index (χ2n) is 2.68. The Bertz CT molecular complexity index is 364. The first-order valence-corrected chi connectivity index (χ1v) is 4.46. The summed E-state index contributed by atoms with van der Waals surface area (Å²) in [6, 6.07) is -0.112. The maximum atomic E-state index is 12.9. The first-order valence-electron chi connectivity index (χ1n) is 3.67. The Balaban J connectivity index is 0.00000196. The van der Waals surface area contributed by atoms with Crippen LogP contribution in [0.2, 0.25) is 0 Å². The maximum Gasteiger partial charge on any atom is 0.201 e. The van der Waals surface area contributed by atoms with Gasteiger partial charge in [-0.3, -0.25) is 0 Å². The standard InChI is InChI=1S/C8H7BrF3NO.ClH/c9-4-1-3(5(13)2-10)8(14)7(12)6(4)11;/h1,5,14H,2,13H2;1H/t5-;/m1./s1. The molecular weight excluding hydrogens is 298 g/mol. The molecule has 0 radical (unpaired) electrons. The molecular formula is C8H8BrClF3NO. The number of rotatable bonds is 2. The third-order valence-electron chi connectivity index (χ3n) is 1.73. The molecule has 0 fully saturated rings. The highest BCUT2D eigenvalue weighted by atomic mass is 79.9. The van der Waals surface area contributed by atoms with Gasteiger partial charge in [0.1, 0.15) is 6.67 Å². The summed E-state index contributed by atoms with van der Waals surface area (Å²) in [4.78, 5) is 0. The van der Waals surface area contributed by atoms with E-state index in [4.69, 9.17) is 10.8 Å². The predicted molar refractivity (Wildman–Crippen MR) is 55.9 cm³/mol. The molecule has 15 heavy (non-hydrogen) atoms. The molecule has 0 saturated carbocycles. The van der Waals surface area contributed by atoms with Gasteiger partial charge < -0.3 is 10.8 Å². The van der Waals surface area contributed by atoms with E-state index < -0.39 is 30.1 Å². The second-order valence-corrected chi connectivity index (χ2v) is 3.54. The van der Waals surface area contributed by atoms with Crippen LogP contribution in [0.4, 0.5) is 13.2 Å². The summed E-state index contributed by atoms with van der Waals surface area (Å²) in [5.41, 5.74) is 5.07. The topological polar surface area (TPSA) is 46.2 Å². The van der Waals surface area contributed by atoms with Crippen molar-refractivity contribution < 1.29 is 18.3 Å². The highest BCUT2D eigenvalue weighted by Crippen LogP contribution is 2.32. The molecule has 0 amide bonds. The minimum atomic E-state index is -1.43. The number of hydrogen-bond acceptors (Lipinski definition) is 2. The Kier molecular flexibility index (Phi) is 5.41. The molecule has 0 bridgehead atoms. The Hall–Kier alpha value is -0.460. The van der Waals surface area contributed by atoms with Gasteiger partial charge in [-0.25, -0.2) is 8.78 Å². The second kappa shape index (κ2) is 5.58. The predicted octanol–water partition coefficient (Wildman–Crippen LogP) is 2.82. The van der Waals surface area contributed by atoms with Crippen LogP contribution in [0, 0.1) is 11.6 Å². The number of hydrogen-bond donors (Lipinski definition) is 2. The van der Waals surface area contributed by atoms with Gasteiger partial charge >= 0.3 is 0 Å². The molecule has 0 spiro atoms. The normalized spacial score (nSPS) is 12.1. The average molecular weight is 307 g/mol. The zero-order valence-electron chi connectivity index (χ0n) is 7.31. The van der Waals surface area contributed by atoms with E-state index in [1.165, 1.54) is 0 Å². The van der Waals surface area contributed by atoms with Crippen molar-refractivity contribution in [2.75, 3.05) is 6.67 Å². The molecule has 0 aliphatic heterocycles. The molecule has 0 aliphatic carbocycles. The van der Waals surface area contributed by atoms with Crippen molar-refractivity contribution in [2.45, 2.75) is 6.04 Å². The van der Waals surface area contributed by atoms with Gasteiger partial charge in [0.25, 0.3) is 0 Å². The van der Waals surface area contributed by atoms with Crippen LogP contribution in [0.3, 0.4) is 0 Å². The first-order chi connectivity index (χ1) is 6.49. The fourth-order valence-electron chi connectivity index (χ4n) is 0.970. The number of benzene rings is 1. The Morgan fingerprint density at radius 3 is 2.40 bits per heavy atom. The van der Waals surface area contributed by atoms with E-state index in [9.17, 15) is 13.2 Å². The summed E-state index contributed by atoms with van der Waals surface area (Å²) in [6.07, 6.45) is 0. The summed E-state index contributed by atoms with van der Waals surface area (Å²) in [6.45, 7) is -0.967. The highest BCUT2D eigenvalue weighted by molar-refractivity contribution is 9.10. The number of aromatic hydroxyl groups is 1. The van der Waals surface area contributed by atoms with Gasteiger partial charge in [-0.15, -0.1) is 12.4 Å². The lowest BCUT2D eigenvalue weighted by Crippen LogP contribution is -2.13. The third-order valence-corrected chi connectivity index (χ3v) is 2.31. The number of nitrogens with two attached hydrogens (primary N) is 1. The molecule has 1 aromatic rings. The maximum absolute atomic E-state index is 12.9. The van der Waals surface area contributed by atoms with E-state index in [1.807, 2.05) is 0 Å². The summed E-state index contributed by atoms with van der Waals surface area (Å²) >= 11 is 2.72. The molecule has 0 heterocycles. The summed E-state index contributed by atoms with van der Waals surface area (Å²) < 4.78 is 37.7. The van der Waals surface area contributed by atoms with Crippen molar-refractivity contribution in [3.63, 3.8) is 0 Å². The van der Waals surface area contributed by atoms with E-state index in [0.29, 0.717) is 0 Å². The molecule has 0 aliphatic rings. The van der Waals surface area contributed by atoms with Gasteiger partial charge in [-0.2, -0.15) is 4.39 Å². The van der Waals surface area contributed by atoms with Crippen molar-refractivity contribution >= 4 is 28.3 Å². The van der Waals surface area contributed by atoms with Crippen LogP contribution in [0.25, 0.3) is 0 Å². The lowest BCUT2D eigenvalue weighted by Gasteiger charge is -2.11. The molecule has 0 aromatic heterocycles. The number of alkyl halides is 1. The molecule has 86 valence electrons. The number of phenolic OH excluding ortho intramolecular Hbond substituents is 1. The van der Waals surface area contributed by atoms with Crippen LogP contribution in [0.5, 0.6) is 5.75 Å². The molecule has 1 atom stereocenters. The molecule has 3 N–H and O–H groups in total. The molecule has 7 heteroatoms. The van der Waals surface area contributed by atoms with Gasteiger partial charge in [0.05, 0.1) is 10.5 Å². The summed E-state index contributed by atoms with van der Waals surface area (Å²) in [5, 5.41) is 9.12. The van der Waals surface area contributed by atoms with Crippen molar-refractivity contribution in [3.05, 3.63) is 27.7 Å². The molecule has 1 aromatic carbocycles. The first kappa shape index (κ1) is 14.5. The Morgan fingerprint density at radius 2 is 1.93 bits per heavy atom. The number of phenols is 1. The summed E-state index contributed by atoms with van der Waals surface area (Å²) in [5.74, 6) is -3.61. The molecule has 2 nitrogen and oxygen atoms in total. The van der Waals surface area contributed by atoms with Crippen LogP contribution >= 0.6 is 28.3 Å². The van der Waals surface area contributed by atoms with Gasteiger partial charge in [0, 0.05) is 5.56 Å². The highest BCUT2D eigenvalue weighted by Gasteiger charge is 2.20. The van der Waals surface area contributed by atoms with Crippen molar-refractivity contribution in [1.29, 1.82) is 0 Å². The van der Waals surface area contributed by atoms with Gasteiger partial charge in [-0.05, 0) is 22.0 Å². The SMILES string of the molecule is Cl.N[C@H](CF)c1cc(Br)c(F)c(F)c1O.